The molecule has 1 aromatic carbocycles. The van der Waals surface area contributed by atoms with Gasteiger partial charge in [-0.25, -0.2) is 0 Å². The average molecular weight is 244 g/mol. The van der Waals surface area contributed by atoms with Crippen molar-refractivity contribution in [3.8, 4) is 0 Å². The Bertz CT molecular complexity index is 604. The molecule has 0 saturated heterocycles. The Kier molecular flexibility index (Phi) is 3.18. The fourth-order valence-electron chi connectivity index (χ4n) is 1.54. The van der Waals surface area contributed by atoms with Gasteiger partial charge >= 0.3 is 0 Å². The fraction of sp³-hybridized carbons (Fsp3) is 0.167. The van der Waals surface area contributed by atoms with Crippen molar-refractivity contribution in [1.29, 1.82) is 0 Å². The molecule has 1 amide bonds. The summed E-state index contributed by atoms with van der Waals surface area (Å²) in [4.78, 5) is 23.5. The molecule has 1 heterocycles. The number of amides is 1. The van der Waals surface area contributed by atoms with Gasteiger partial charge in [-0.15, -0.1) is 5.10 Å². The normalized spacial score (nSPS) is 10.3. The molecule has 2 N–H and O–H groups in total. The Labute approximate surface area is 103 Å². The molecule has 0 atom stereocenters. The lowest BCUT2D eigenvalue weighted by atomic mass is 10.1. The Morgan fingerprint density at radius 1 is 1.39 bits per heavy atom. The zero-order valence-electron chi connectivity index (χ0n) is 9.83. The summed E-state index contributed by atoms with van der Waals surface area (Å²) in [5.74, 6) is -0.609. The number of carbonyl (C=O) groups is 2. The van der Waals surface area contributed by atoms with E-state index < -0.39 is 5.91 Å². The van der Waals surface area contributed by atoms with E-state index in [1.165, 1.54) is 17.9 Å². The third-order valence-electron chi connectivity index (χ3n) is 2.45. The summed E-state index contributed by atoms with van der Waals surface area (Å²) in [6.45, 7) is 1.89. The van der Waals surface area contributed by atoms with Crippen molar-refractivity contribution in [2.24, 2.45) is 5.73 Å². The van der Waals surface area contributed by atoms with Crippen molar-refractivity contribution >= 4 is 11.7 Å². The minimum absolute atomic E-state index is 0.00287. The first-order valence-electron chi connectivity index (χ1n) is 5.36. The van der Waals surface area contributed by atoms with Crippen LogP contribution in [0.15, 0.2) is 30.5 Å². The lowest BCUT2D eigenvalue weighted by Crippen LogP contribution is -2.13. The molecular formula is C12H12N4O2. The first-order valence-corrected chi connectivity index (χ1v) is 5.36. The molecule has 18 heavy (non-hydrogen) atoms. The molecule has 2 rings (SSSR count). The number of carbonyl (C=O) groups excluding carboxylic acids is 2. The van der Waals surface area contributed by atoms with Crippen molar-refractivity contribution in [3.63, 3.8) is 0 Å². The van der Waals surface area contributed by atoms with E-state index in [0.29, 0.717) is 12.1 Å². The van der Waals surface area contributed by atoms with Crippen LogP contribution in [0.25, 0.3) is 0 Å². The number of hydrogen-bond acceptors (Lipinski definition) is 4. The maximum atomic E-state index is 11.2. The number of rotatable bonds is 4. The standard InChI is InChI=1S/C12H12N4O2/c1-8(17)10-4-2-3-9(5-10)7-16-14-6-11(15-16)12(13)18/h2-6H,7H2,1H3,(H2,13,18). The first-order chi connectivity index (χ1) is 8.56. The van der Waals surface area contributed by atoms with Crippen LogP contribution >= 0.6 is 0 Å². The summed E-state index contributed by atoms with van der Waals surface area (Å²) in [5.41, 5.74) is 6.73. The summed E-state index contributed by atoms with van der Waals surface area (Å²) < 4.78 is 0. The minimum Gasteiger partial charge on any atom is -0.364 e. The van der Waals surface area contributed by atoms with Crippen LogP contribution in [0.1, 0.15) is 33.3 Å². The monoisotopic (exact) mass is 244 g/mol. The molecule has 0 saturated carbocycles. The smallest absolute Gasteiger partial charge is 0.270 e. The van der Waals surface area contributed by atoms with Crippen LogP contribution in [0.4, 0.5) is 0 Å². The molecule has 2 aromatic rings. The van der Waals surface area contributed by atoms with Crippen molar-refractivity contribution in [2.45, 2.75) is 13.5 Å². The molecular weight excluding hydrogens is 232 g/mol. The quantitative estimate of drug-likeness (QED) is 0.798. The fourth-order valence-corrected chi connectivity index (χ4v) is 1.54. The molecule has 6 heteroatoms. The zero-order chi connectivity index (χ0) is 13.1. The van der Waals surface area contributed by atoms with Crippen molar-refractivity contribution < 1.29 is 9.59 Å². The second-order valence-corrected chi connectivity index (χ2v) is 3.88. The molecule has 0 unspecified atom stereocenters. The van der Waals surface area contributed by atoms with Gasteiger partial charge in [0.1, 0.15) is 0 Å². The number of Topliss-reactive ketones (excluding diaryl/α,β-unsaturated/α-hetero) is 1. The maximum absolute atomic E-state index is 11.2. The van der Waals surface area contributed by atoms with E-state index in [4.69, 9.17) is 5.73 Å². The lowest BCUT2D eigenvalue weighted by molar-refractivity contribution is 0.0992. The predicted octanol–water partition coefficient (Wildman–Crippen LogP) is 0.628. The Morgan fingerprint density at radius 3 is 2.78 bits per heavy atom. The van der Waals surface area contributed by atoms with Gasteiger partial charge in [0.05, 0.1) is 12.7 Å². The zero-order valence-corrected chi connectivity index (χ0v) is 9.83. The topological polar surface area (TPSA) is 90.9 Å². The Morgan fingerprint density at radius 2 is 2.17 bits per heavy atom. The van der Waals surface area contributed by atoms with Crippen molar-refractivity contribution in [1.82, 2.24) is 15.0 Å². The molecule has 6 nitrogen and oxygen atoms in total. The highest BCUT2D eigenvalue weighted by molar-refractivity contribution is 5.94. The van der Waals surface area contributed by atoms with Gasteiger partial charge < -0.3 is 5.73 Å². The predicted molar refractivity (Wildman–Crippen MR) is 64.1 cm³/mol. The number of ketones is 1. The maximum Gasteiger partial charge on any atom is 0.270 e. The molecule has 1 aromatic heterocycles. The Balaban J connectivity index is 2.20. The molecule has 0 aliphatic heterocycles. The van der Waals surface area contributed by atoms with Crippen molar-refractivity contribution in [3.05, 3.63) is 47.3 Å². The largest absolute Gasteiger partial charge is 0.364 e. The molecule has 0 aliphatic carbocycles. The van der Waals surface area contributed by atoms with Crippen LogP contribution in [0.3, 0.4) is 0 Å². The van der Waals surface area contributed by atoms with Gasteiger partial charge in [-0.2, -0.15) is 9.90 Å². The minimum atomic E-state index is -0.612. The van der Waals surface area contributed by atoms with Gasteiger partial charge in [-0.3, -0.25) is 9.59 Å². The van der Waals surface area contributed by atoms with Gasteiger partial charge in [0.25, 0.3) is 5.91 Å². The summed E-state index contributed by atoms with van der Waals surface area (Å²) in [7, 11) is 0. The number of nitrogens with zero attached hydrogens (tertiary/aromatic N) is 3. The van der Waals surface area contributed by atoms with Crippen LogP contribution in [0.2, 0.25) is 0 Å². The molecule has 0 aliphatic rings. The first kappa shape index (κ1) is 12.0. The van der Waals surface area contributed by atoms with E-state index in [1.54, 1.807) is 18.2 Å². The van der Waals surface area contributed by atoms with Crippen LogP contribution in [0.5, 0.6) is 0 Å². The van der Waals surface area contributed by atoms with Gasteiger partial charge in [0.2, 0.25) is 0 Å². The number of nitrogens with two attached hydrogens (primary N) is 1. The third kappa shape index (κ3) is 2.60. The molecule has 0 radical (unpaired) electrons. The van der Waals surface area contributed by atoms with E-state index in [0.717, 1.165) is 5.56 Å². The molecule has 0 spiro atoms. The summed E-state index contributed by atoms with van der Waals surface area (Å²) in [6.07, 6.45) is 1.32. The van der Waals surface area contributed by atoms with E-state index >= 15 is 0 Å². The Hall–Kier alpha value is -2.50. The summed E-state index contributed by atoms with van der Waals surface area (Å²) in [6, 6.07) is 7.18. The second kappa shape index (κ2) is 4.79. The van der Waals surface area contributed by atoms with Crippen LogP contribution in [-0.4, -0.2) is 26.7 Å². The number of aromatic nitrogens is 3. The summed E-state index contributed by atoms with van der Waals surface area (Å²) in [5, 5.41) is 7.85. The van der Waals surface area contributed by atoms with Gasteiger partial charge in [0, 0.05) is 5.56 Å². The summed E-state index contributed by atoms with van der Waals surface area (Å²) >= 11 is 0. The van der Waals surface area contributed by atoms with E-state index in [9.17, 15) is 9.59 Å². The van der Waals surface area contributed by atoms with Gasteiger partial charge in [-0.05, 0) is 18.6 Å². The van der Waals surface area contributed by atoms with Crippen LogP contribution in [-0.2, 0) is 6.54 Å². The highest BCUT2D eigenvalue weighted by atomic mass is 16.1. The van der Waals surface area contributed by atoms with Crippen LogP contribution in [0, 0.1) is 0 Å². The van der Waals surface area contributed by atoms with E-state index in [1.807, 2.05) is 6.07 Å². The number of benzene rings is 1. The second-order valence-electron chi connectivity index (χ2n) is 3.88. The SMILES string of the molecule is CC(=O)c1cccc(Cn2ncc(C(N)=O)n2)c1. The molecule has 0 fully saturated rings. The molecule has 0 bridgehead atoms. The number of hydrogen-bond donors (Lipinski definition) is 1. The van der Waals surface area contributed by atoms with E-state index in [-0.39, 0.29) is 11.5 Å². The number of primary amides is 1. The van der Waals surface area contributed by atoms with Crippen molar-refractivity contribution in [2.75, 3.05) is 0 Å². The van der Waals surface area contributed by atoms with Gasteiger partial charge in [0.15, 0.2) is 11.5 Å². The molecule has 92 valence electrons. The van der Waals surface area contributed by atoms with E-state index in [2.05, 4.69) is 10.2 Å². The third-order valence-corrected chi connectivity index (χ3v) is 2.45. The average Bonchev–Trinajstić information content (AvgIpc) is 2.78. The van der Waals surface area contributed by atoms with Gasteiger partial charge in [-0.1, -0.05) is 18.2 Å². The lowest BCUT2D eigenvalue weighted by Gasteiger charge is -2.02. The van der Waals surface area contributed by atoms with Crippen LogP contribution < -0.4 is 5.73 Å². The highest BCUT2D eigenvalue weighted by Gasteiger charge is 2.07. The highest BCUT2D eigenvalue weighted by Crippen LogP contribution is 2.07.